The Labute approximate surface area is 131 Å². The third-order valence-electron chi connectivity index (χ3n) is 4.89. The number of rotatable bonds is 0. The third-order valence-corrected chi connectivity index (χ3v) is 4.89. The molecule has 0 radical (unpaired) electrons. The summed E-state index contributed by atoms with van der Waals surface area (Å²) in [5.41, 5.74) is 2.02. The van der Waals surface area contributed by atoms with Crippen LogP contribution in [0.2, 0.25) is 0 Å². The topological polar surface area (TPSA) is 29.5 Å². The maximum atomic E-state index is 13.6. The van der Waals surface area contributed by atoms with Crippen LogP contribution in [0.5, 0.6) is 0 Å². The molecule has 1 spiro atoms. The Hall–Kier alpha value is -1.58. The lowest BCUT2D eigenvalue weighted by Gasteiger charge is -2.40. The summed E-state index contributed by atoms with van der Waals surface area (Å²) < 4.78 is 19.0. The van der Waals surface area contributed by atoms with E-state index in [2.05, 4.69) is 0 Å². The summed E-state index contributed by atoms with van der Waals surface area (Å²) in [5.74, 6) is -0.158. The Bertz CT molecular complexity index is 583. The molecule has 0 saturated carbocycles. The molecule has 1 fully saturated rings. The van der Waals surface area contributed by atoms with E-state index in [9.17, 15) is 9.18 Å². The number of carbonyl (C=O) groups excluding carboxylic acids is 1. The second-order valence-electron chi connectivity index (χ2n) is 7.55. The number of piperidine rings is 1. The van der Waals surface area contributed by atoms with Crippen LogP contribution in [0.15, 0.2) is 18.2 Å². The van der Waals surface area contributed by atoms with E-state index in [1.54, 1.807) is 17.0 Å². The smallest absolute Gasteiger partial charge is 0.410 e. The van der Waals surface area contributed by atoms with Crippen LogP contribution in [0.3, 0.4) is 0 Å². The Morgan fingerprint density at radius 3 is 2.55 bits per heavy atom. The van der Waals surface area contributed by atoms with Crippen LogP contribution < -0.4 is 0 Å². The van der Waals surface area contributed by atoms with Gasteiger partial charge in [-0.2, -0.15) is 0 Å². The molecular weight excluding hydrogens is 281 g/mol. The van der Waals surface area contributed by atoms with Crippen LogP contribution in [0, 0.1) is 5.82 Å². The van der Waals surface area contributed by atoms with Gasteiger partial charge in [0, 0.05) is 13.1 Å². The van der Waals surface area contributed by atoms with Gasteiger partial charge in [0.05, 0.1) is 0 Å². The molecule has 3 nitrogen and oxygen atoms in total. The summed E-state index contributed by atoms with van der Waals surface area (Å²) >= 11 is 0. The van der Waals surface area contributed by atoms with Gasteiger partial charge in [-0.1, -0.05) is 6.07 Å². The molecule has 0 atom stereocenters. The lowest BCUT2D eigenvalue weighted by Crippen LogP contribution is -2.46. The average molecular weight is 305 g/mol. The largest absolute Gasteiger partial charge is 0.444 e. The molecule has 1 aliphatic heterocycles. The van der Waals surface area contributed by atoms with E-state index in [4.69, 9.17) is 4.74 Å². The van der Waals surface area contributed by atoms with E-state index >= 15 is 0 Å². The first-order valence-corrected chi connectivity index (χ1v) is 8.06. The van der Waals surface area contributed by atoms with Gasteiger partial charge in [0.1, 0.15) is 11.4 Å². The molecule has 1 amide bonds. The van der Waals surface area contributed by atoms with Gasteiger partial charge in [0.15, 0.2) is 0 Å². The number of fused-ring (bicyclic) bond motifs is 2. The van der Waals surface area contributed by atoms with Crippen molar-refractivity contribution < 1.29 is 13.9 Å². The van der Waals surface area contributed by atoms with Gasteiger partial charge in [-0.05, 0) is 75.1 Å². The maximum absolute atomic E-state index is 13.6. The van der Waals surface area contributed by atoms with Crippen molar-refractivity contribution >= 4 is 6.09 Å². The van der Waals surface area contributed by atoms with Crippen LogP contribution in [0.25, 0.3) is 0 Å². The minimum Gasteiger partial charge on any atom is -0.444 e. The summed E-state index contributed by atoms with van der Waals surface area (Å²) in [7, 11) is 0. The lowest BCUT2D eigenvalue weighted by molar-refractivity contribution is 0.0164. The summed E-state index contributed by atoms with van der Waals surface area (Å²) in [5, 5.41) is 0. The molecule has 0 bridgehead atoms. The minimum absolute atomic E-state index is 0.0515. The van der Waals surface area contributed by atoms with Crippen molar-refractivity contribution in [3.8, 4) is 0 Å². The number of nitrogens with zero attached hydrogens (tertiary/aromatic N) is 1. The second-order valence-corrected chi connectivity index (χ2v) is 7.55. The number of amides is 1. The predicted octanol–water partition coefficient (Wildman–Crippen LogP) is 4.04. The van der Waals surface area contributed by atoms with Crippen LogP contribution >= 0.6 is 0 Å². The van der Waals surface area contributed by atoms with E-state index in [0.29, 0.717) is 13.1 Å². The highest BCUT2D eigenvalue weighted by Gasteiger charge is 2.42. The van der Waals surface area contributed by atoms with E-state index in [-0.39, 0.29) is 17.3 Å². The summed E-state index contributed by atoms with van der Waals surface area (Å²) in [6.07, 6.45) is 3.63. The molecule has 0 unspecified atom stereocenters. The molecule has 1 heterocycles. The summed E-state index contributed by atoms with van der Waals surface area (Å²) in [6.45, 7) is 7.01. The van der Waals surface area contributed by atoms with Gasteiger partial charge in [-0.25, -0.2) is 9.18 Å². The lowest BCUT2D eigenvalue weighted by atomic mass is 9.74. The SMILES string of the molecule is CC(C)(C)OC(=O)N1CCC2(CCc3ccc(F)cc32)CC1. The molecule has 1 saturated heterocycles. The van der Waals surface area contributed by atoms with Crippen molar-refractivity contribution in [3.05, 3.63) is 35.1 Å². The first kappa shape index (κ1) is 15.3. The van der Waals surface area contributed by atoms with E-state index in [1.807, 2.05) is 26.8 Å². The highest BCUT2D eigenvalue weighted by molar-refractivity contribution is 5.68. The number of carbonyl (C=O) groups is 1. The van der Waals surface area contributed by atoms with Gasteiger partial charge in [-0.15, -0.1) is 0 Å². The second kappa shape index (κ2) is 5.25. The summed E-state index contributed by atoms with van der Waals surface area (Å²) in [4.78, 5) is 13.9. The molecule has 120 valence electrons. The normalized spacial score (nSPS) is 20.1. The molecule has 0 N–H and O–H groups in total. The Morgan fingerprint density at radius 2 is 1.91 bits per heavy atom. The van der Waals surface area contributed by atoms with Crippen LogP contribution in [0.4, 0.5) is 9.18 Å². The monoisotopic (exact) mass is 305 g/mol. The Balaban J connectivity index is 1.71. The molecule has 4 heteroatoms. The first-order chi connectivity index (χ1) is 10.3. The molecule has 2 aliphatic rings. The molecule has 3 rings (SSSR count). The fourth-order valence-electron chi connectivity index (χ4n) is 3.73. The third kappa shape index (κ3) is 2.83. The number of hydrogen-bond acceptors (Lipinski definition) is 2. The van der Waals surface area contributed by atoms with Gasteiger partial charge >= 0.3 is 6.09 Å². The standard InChI is InChI=1S/C18H24FNO2/c1-17(2,3)22-16(21)20-10-8-18(9-11-20)7-6-13-4-5-14(19)12-15(13)18/h4-5,12H,6-11H2,1-3H3. The zero-order valence-electron chi connectivity index (χ0n) is 13.6. The van der Waals surface area contributed by atoms with Crippen molar-refractivity contribution in [2.75, 3.05) is 13.1 Å². The average Bonchev–Trinajstić information content (AvgIpc) is 2.76. The maximum Gasteiger partial charge on any atom is 0.410 e. The van der Waals surface area contributed by atoms with Gasteiger partial charge in [-0.3, -0.25) is 0 Å². The highest BCUT2D eigenvalue weighted by Crippen LogP contribution is 2.46. The van der Waals surface area contributed by atoms with Crippen LogP contribution in [0.1, 0.15) is 51.2 Å². The van der Waals surface area contributed by atoms with Crippen LogP contribution in [-0.2, 0) is 16.6 Å². The van der Waals surface area contributed by atoms with Crippen LogP contribution in [-0.4, -0.2) is 29.7 Å². The van der Waals surface area contributed by atoms with Gasteiger partial charge in [0.25, 0.3) is 0 Å². The molecule has 1 aromatic rings. The predicted molar refractivity (Wildman–Crippen MR) is 83.4 cm³/mol. The molecule has 0 aromatic heterocycles. The summed E-state index contributed by atoms with van der Waals surface area (Å²) in [6, 6.07) is 5.17. The fourth-order valence-corrected chi connectivity index (χ4v) is 3.73. The number of halogens is 1. The quantitative estimate of drug-likeness (QED) is 0.724. The zero-order chi connectivity index (χ0) is 16.0. The molecular formula is C18H24FNO2. The van der Waals surface area contributed by atoms with E-state index < -0.39 is 5.60 Å². The van der Waals surface area contributed by atoms with Crippen molar-refractivity contribution in [2.24, 2.45) is 0 Å². The number of likely N-dealkylation sites (tertiary alicyclic amines) is 1. The van der Waals surface area contributed by atoms with Gasteiger partial charge in [0.2, 0.25) is 0 Å². The van der Waals surface area contributed by atoms with Crippen molar-refractivity contribution in [3.63, 3.8) is 0 Å². The molecule has 1 aliphatic carbocycles. The molecule has 22 heavy (non-hydrogen) atoms. The zero-order valence-corrected chi connectivity index (χ0v) is 13.6. The number of aryl methyl sites for hydroxylation is 1. The number of benzene rings is 1. The van der Waals surface area contributed by atoms with Crippen molar-refractivity contribution in [2.45, 2.75) is 57.5 Å². The highest BCUT2D eigenvalue weighted by atomic mass is 19.1. The fraction of sp³-hybridized carbons (Fsp3) is 0.611. The Kier molecular flexibility index (Phi) is 3.66. The van der Waals surface area contributed by atoms with Gasteiger partial charge < -0.3 is 9.64 Å². The Morgan fingerprint density at radius 1 is 1.23 bits per heavy atom. The van der Waals surface area contributed by atoms with Crippen molar-refractivity contribution in [1.29, 1.82) is 0 Å². The first-order valence-electron chi connectivity index (χ1n) is 8.06. The number of ether oxygens (including phenoxy) is 1. The van der Waals surface area contributed by atoms with Crippen molar-refractivity contribution in [1.82, 2.24) is 4.90 Å². The van der Waals surface area contributed by atoms with E-state index in [1.165, 1.54) is 5.56 Å². The molecule has 1 aromatic carbocycles. The minimum atomic E-state index is -0.463. The number of hydrogen-bond donors (Lipinski definition) is 0. The van der Waals surface area contributed by atoms with E-state index in [0.717, 1.165) is 31.2 Å².